The molecule has 2 aromatic carbocycles. The smallest absolute Gasteiger partial charge is 0.119 e. The molecule has 1 N–H and O–H groups in total. The number of hydrogen-bond acceptors (Lipinski definition) is 3. The van der Waals surface area contributed by atoms with E-state index in [9.17, 15) is 0 Å². The van der Waals surface area contributed by atoms with Crippen molar-refractivity contribution in [2.45, 2.75) is 13.5 Å². The van der Waals surface area contributed by atoms with E-state index in [0.717, 1.165) is 24.5 Å². The SMILES string of the molecule is CCNCc1ccc(N(C)c2ccc(OC)cc2)cc1. The van der Waals surface area contributed by atoms with Gasteiger partial charge in [-0.2, -0.15) is 0 Å². The van der Waals surface area contributed by atoms with Gasteiger partial charge in [0, 0.05) is 25.0 Å². The topological polar surface area (TPSA) is 24.5 Å². The molecular weight excluding hydrogens is 248 g/mol. The van der Waals surface area contributed by atoms with Gasteiger partial charge in [0.15, 0.2) is 0 Å². The van der Waals surface area contributed by atoms with Gasteiger partial charge >= 0.3 is 0 Å². The molecular formula is C17H22N2O. The van der Waals surface area contributed by atoms with E-state index >= 15 is 0 Å². The van der Waals surface area contributed by atoms with E-state index in [1.807, 2.05) is 12.1 Å². The molecule has 0 aliphatic rings. The quantitative estimate of drug-likeness (QED) is 0.868. The van der Waals surface area contributed by atoms with Crippen LogP contribution in [0.25, 0.3) is 0 Å². The molecule has 0 amide bonds. The summed E-state index contributed by atoms with van der Waals surface area (Å²) >= 11 is 0. The minimum Gasteiger partial charge on any atom is -0.497 e. The van der Waals surface area contributed by atoms with Gasteiger partial charge in [0.2, 0.25) is 0 Å². The van der Waals surface area contributed by atoms with Gasteiger partial charge in [0.1, 0.15) is 5.75 Å². The minimum absolute atomic E-state index is 0.878. The molecule has 2 aromatic rings. The Bertz CT molecular complexity index is 520. The van der Waals surface area contributed by atoms with Crippen LogP contribution in [-0.2, 0) is 6.54 Å². The number of benzene rings is 2. The Morgan fingerprint density at radius 3 is 2.00 bits per heavy atom. The highest BCUT2D eigenvalue weighted by Crippen LogP contribution is 2.25. The lowest BCUT2D eigenvalue weighted by Crippen LogP contribution is -2.12. The van der Waals surface area contributed by atoms with E-state index in [1.165, 1.54) is 11.3 Å². The largest absolute Gasteiger partial charge is 0.497 e. The van der Waals surface area contributed by atoms with Crippen LogP contribution in [0.15, 0.2) is 48.5 Å². The van der Waals surface area contributed by atoms with Crippen molar-refractivity contribution in [1.82, 2.24) is 5.32 Å². The molecule has 20 heavy (non-hydrogen) atoms. The molecule has 3 nitrogen and oxygen atoms in total. The first-order chi connectivity index (χ1) is 9.74. The molecule has 0 radical (unpaired) electrons. The molecule has 106 valence electrons. The van der Waals surface area contributed by atoms with E-state index in [4.69, 9.17) is 4.74 Å². The lowest BCUT2D eigenvalue weighted by molar-refractivity contribution is 0.415. The lowest BCUT2D eigenvalue weighted by Gasteiger charge is -2.20. The van der Waals surface area contributed by atoms with Gasteiger partial charge in [-0.1, -0.05) is 19.1 Å². The molecule has 3 heteroatoms. The first-order valence-corrected chi connectivity index (χ1v) is 6.92. The Hall–Kier alpha value is -2.00. The molecule has 0 fully saturated rings. The second-order valence-corrected chi connectivity index (χ2v) is 4.70. The predicted molar refractivity (Wildman–Crippen MR) is 84.9 cm³/mol. The van der Waals surface area contributed by atoms with Gasteiger partial charge in [-0.3, -0.25) is 0 Å². The second-order valence-electron chi connectivity index (χ2n) is 4.70. The van der Waals surface area contributed by atoms with Crippen LogP contribution >= 0.6 is 0 Å². The predicted octanol–water partition coefficient (Wildman–Crippen LogP) is 3.57. The molecule has 0 bridgehead atoms. The highest BCUT2D eigenvalue weighted by molar-refractivity contribution is 5.63. The highest BCUT2D eigenvalue weighted by atomic mass is 16.5. The zero-order chi connectivity index (χ0) is 14.4. The summed E-state index contributed by atoms with van der Waals surface area (Å²) in [5, 5.41) is 3.33. The maximum absolute atomic E-state index is 5.18. The highest BCUT2D eigenvalue weighted by Gasteiger charge is 2.04. The Morgan fingerprint density at radius 1 is 0.950 bits per heavy atom. The Kier molecular flexibility index (Phi) is 5.02. The summed E-state index contributed by atoms with van der Waals surface area (Å²) in [5.74, 6) is 0.878. The van der Waals surface area contributed by atoms with Crippen LogP contribution in [0.5, 0.6) is 5.75 Å². The zero-order valence-corrected chi connectivity index (χ0v) is 12.4. The summed E-state index contributed by atoms with van der Waals surface area (Å²) in [6.07, 6.45) is 0. The molecule has 0 spiro atoms. The maximum Gasteiger partial charge on any atom is 0.119 e. The Labute approximate surface area is 121 Å². The van der Waals surface area contributed by atoms with Gasteiger partial charge in [-0.05, 0) is 48.5 Å². The number of hydrogen-bond donors (Lipinski definition) is 1. The van der Waals surface area contributed by atoms with Crippen LogP contribution in [0.1, 0.15) is 12.5 Å². The van der Waals surface area contributed by atoms with Crippen molar-refractivity contribution in [1.29, 1.82) is 0 Å². The second kappa shape index (κ2) is 6.96. The van der Waals surface area contributed by atoms with Crippen molar-refractivity contribution in [2.24, 2.45) is 0 Å². The van der Waals surface area contributed by atoms with E-state index in [-0.39, 0.29) is 0 Å². The summed E-state index contributed by atoms with van der Waals surface area (Å²) < 4.78 is 5.18. The molecule has 0 saturated carbocycles. The summed E-state index contributed by atoms with van der Waals surface area (Å²) in [7, 11) is 3.75. The van der Waals surface area contributed by atoms with Gasteiger partial charge in [-0.25, -0.2) is 0 Å². The summed E-state index contributed by atoms with van der Waals surface area (Å²) in [6, 6.07) is 16.7. The fourth-order valence-corrected chi connectivity index (χ4v) is 2.06. The minimum atomic E-state index is 0.878. The zero-order valence-electron chi connectivity index (χ0n) is 12.4. The number of nitrogens with one attached hydrogen (secondary N) is 1. The van der Waals surface area contributed by atoms with Crippen molar-refractivity contribution in [2.75, 3.05) is 25.6 Å². The third-order valence-electron chi connectivity index (χ3n) is 3.36. The maximum atomic E-state index is 5.18. The van der Waals surface area contributed by atoms with Crippen molar-refractivity contribution in [3.8, 4) is 5.75 Å². The van der Waals surface area contributed by atoms with Gasteiger partial charge in [0.05, 0.1) is 7.11 Å². The number of methoxy groups -OCH3 is 1. The van der Waals surface area contributed by atoms with Crippen LogP contribution in [0.4, 0.5) is 11.4 Å². The van der Waals surface area contributed by atoms with Crippen molar-refractivity contribution in [3.05, 3.63) is 54.1 Å². The van der Waals surface area contributed by atoms with Crippen molar-refractivity contribution in [3.63, 3.8) is 0 Å². The number of anilines is 2. The van der Waals surface area contributed by atoms with Crippen LogP contribution in [-0.4, -0.2) is 20.7 Å². The standard InChI is InChI=1S/C17H22N2O/c1-4-18-13-14-5-7-15(8-6-14)19(2)16-9-11-17(20-3)12-10-16/h5-12,18H,4,13H2,1-3H3. The Balaban J connectivity index is 2.09. The third kappa shape index (κ3) is 3.52. The molecule has 0 aromatic heterocycles. The summed E-state index contributed by atoms with van der Waals surface area (Å²) in [5.41, 5.74) is 3.62. The Morgan fingerprint density at radius 2 is 1.50 bits per heavy atom. The van der Waals surface area contributed by atoms with E-state index in [2.05, 4.69) is 60.6 Å². The molecule has 0 atom stereocenters. The summed E-state index contributed by atoms with van der Waals surface area (Å²) in [4.78, 5) is 2.16. The molecule has 0 aliphatic carbocycles. The van der Waals surface area contributed by atoms with Crippen molar-refractivity contribution < 1.29 is 4.74 Å². The molecule has 0 unspecified atom stereocenters. The summed E-state index contributed by atoms with van der Waals surface area (Å²) in [6.45, 7) is 4.03. The van der Waals surface area contributed by atoms with Crippen LogP contribution < -0.4 is 15.0 Å². The first-order valence-electron chi connectivity index (χ1n) is 6.92. The average molecular weight is 270 g/mol. The fraction of sp³-hybridized carbons (Fsp3) is 0.294. The first kappa shape index (κ1) is 14.4. The molecule has 2 rings (SSSR count). The number of nitrogens with zero attached hydrogens (tertiary/aromatic N) is 1. The lowest BCUT2D eigenvalue weighted by atomic mass is 10.2. The number of rotatable bonds is 6. The molecule has 0 saturated heterocycles. The van der Waals surface area contributed by atoms with E-state index in [0.29, 0.717) is 0 Å². The van der Waals surface area contributed by atoms with Crippen LogP contribution in [0, 0.1) is 0 Å². The van der Waals surface area contributed by atoms with Gasteiger partial charge < -0.3 is 15.0 Å². The van der Waals surface area contributed by atoms with Crippen LogP contribution in [0.2, 0.25) is 0 Å². The van der Waals surface area contributed by atoms with E-state index < -0.39 is 0 Å². The van der Waals surface area contributed by atoms with E-state index in [1.54, 1.807) is 7.11 Å². The fourth-order valence-electron chi connectivity index (χ4n) is 2.06. The molecule has 0 aliphatic heterocycles. The monoisotopic (exact) mass is 270 g/mol. The van der Waals surface area contributed by atoms with Crippen molar-refractivity contribution >= 4 is 11.4 Å². The number of ether oxygens (including phenoxy) is 1. The van der Waals surface area contributed by atoms with Gasteiger partial charge in [-0.15, -0.1) is 0 Å². The normalized spacial score (nSPS) is 10.3. The molecule has 0 heterocycles. The average Bonchev–Trinajstić information content (AvgIpc) is 2.53. The van der Waals surface area contributed by atoms with Crippen LogP contribution in [0.3, 0.4) is 0 Å². The third-order valence-corrected chi connectivity index (χ3v) is 3.36. The van der Waals surface area contributed by atoms with Gasteiger partial charge in [0.25, 0.3) is 0 Å².